The highest BCUT2D eigenvalue weighted by Crippen LogP contribution is 2.28. The Morgan fingerprint density at radius 1 is 1.14 bits per heavy atom. The van der Waals surface area contributed by atoms with Crippen LogP contribution in [0.5, 0.6) is 0 Å². The lowest BCUT2D eigenvalue weighted by Gasteiger charge is -2.13. The summed E-state index contributed by atoms with van der Waals surface area (Å²) in [5.41, 5.74) is 5.66. The number of halogens is 2. The molecule has 0 spiro atoms. The zero-order chi connectivity index (χ0) is 15.3. The molecule has 0 aliphatic carbocycles. The van der Waals surface area contributed by atoms with Gasteiger partial charge >= 0.3 is 0 Å². The molecule has 0 saturated heterocycles. The van der Waals surface area contributed by atoms with Crippen molar-refractivity contribution in [1.29, 1.82) is 0 Å². The van der Waals surface area contributed by atoms with Crippen molar-refractivity contribution in [2.75, 3.05) is 5.73 Å². The van der Waals surface area contributed by atoms with E-state index in [0.717, 1.165) is 15.1 Å². The lowest BCUT2D eigenvalue weighted by molar-refractivity contribution is 0.0880. The maximum Gasteiger partial charge on any atom is 0.262 e. The number of nitrogens with one attached hydrogen (secondary N) is 1. The third-order valence-corrected chi connectivity index (χ3v) is 3.90. The van der Waals surface area contributed by atoms with E-state index in [4.69, 9.17) is 17.3 Å². The molecule has 21 heavy (non-hydrogen) atoms. The summed E-state index contributed by atoms with van der Waals surface area (Å²) in [5, 5.41) is 2.38. The summed E-state index contributed by atoms with van der Waals surface area (Å²) in [5.74, 6) is -1.38. The first kappa shape index (κ1) is 13.8. The molecule has 0 bridgehead atoms. The van der Waals surface area contributed by atoms with E-state index in [9.17, 15) is 14.4 Å². The van der Waals surface area contributed by atoms with Crippen LogP contribution in [0, 0.1) is 0 Å². The van der Waals surface area contributed by atoms with Crippen LogP contribution < -0.4 is 16.6 Å². The van der Waals surface area contributed by atoms with E-state index in [2.05, 4.69) is 21.2 Å². The Bertz CT molecular complexity index is 876. The summed E-state index contributed by atoms with van der Waals surface area (Å²) in [6.45, 7) is 0. The number of anilines is 1. The van der Waals surface area contributed by atoms with Crippen LogP contribution >= 0.6 is 27.5 Å². The summed E-state index contributed by atoms with van der Waals surface area (Å²) in [7, 11) is 0. The quantitative estimate of drug-likeness (QED) is 0.749. The number of amides is 2. The number of rotatable bonds is 1. The molecule has 6 nitrogen and oxygen atoms in total. The molecule has 2 amide bonds. The predicted molar refractivity (Wildman–Crippen MR) is 81.0 cm³/mol. The minimum absolute atomic E-state index is 0.0152. The number of hydrogen-bond acceptors (Lipinski definition) is 4. The molecule has 0 saturated carbocycles. The van der Waals surface area contributed by atoms with Crippen LogP contribution in [0.3, 0.4) is 0 Å². The van der Waals surface area contributed by atoms with Gasteiger partial charge in [0.25, 0.3) is 17.4 Å². The van der Waals surface area contributed by atoms with Crippen molar-refractivity contribution >= 4 is 45.2 Å². The van der Waals surface area contributed by atoms with E-state index in [-0.39, 0.29) is 22.0 Å². The Hall–Kier alpha value is -2.12. The van der Waals surface area contributed by atoms with Gasteiger partial charge in [-0.25, -0.2) is 0 Å². The van der Waals surface area contributed by atoms with Crippen LogP contribution in [-0.4, -0.2) is 16.4 Å². The van der Waals surface area contributed by atoms with Crippen LogP contribution in [0.1, 0.15) is 20.7 Å². The number of fused-ring (bicyclic) bond motifs is 1. The molecular formula is C13H7BrClN3O3. The number of carbonyl (C=O) groups is 2. The highest BCUT2D eigenvalue weighted by Gasteiger charge is 2.32. The van der Waals surface area contributed by atoms with Crippen LogP contribution in [0.15, 0.2) is 33.5 Å². The highest BCUT2D eigenvalue weighted by molar-refractivity contribution is 9.10. The number of nitrogens with two attached hydrogens (primary N) is 1. The molecule has 1 aromatic carbocycles. The van der Waals surface area contributed by atoms with E-state index in [1.807, 2.05) is 0 Å². The van der Waals surface area contributed by atoms with Gasteiger partial charge in [0.2, 0.25) is 0 Å². The first-order valence-electron chi connectivity index (χ1n) is 5.77. The minimum Gasteiger partial charge on any atom is -0.384 e. The molecule has 1 aliphatic heterocycles. The average molecular weight is 369 g/mol. The topological polar surface area (TPSA) is 94.2 Å². The normalized spacial score (nSPS) is 13.2. The van der Waals surface area contributed by atoms with Crippen molar-refractivity contribution in [1.82, 2.24) is 9.88 Å². The Labute approximate surface area is 131 Å². The largest absolute Gasteiger partial charge is 0.384 e. The predicted octanol–water partition coefficient (Wildman–Crippen LogP) is 1.72. The van der Waals surface area contributed by atoms with Crippen LogP contribution in [0.4, 0.5) is 5.82 Å². The van der Waals surface area contributed by atoms with Crippen molar-refractivity contribution in [3.63, 3.8) is 0 Å². The molecule has 0 unspecified atom stereocenters. The first-order valence-corrected chi connectivity index (χ1v) is 6.94. The van der Waals surface area contributed by atoms with Gasteiger partial charge in [-0.2, -0.15) is 0 Å². The van der Waals surface area contributed by atoms with Crippen molar-refractivity contribution in [2.24, 2.45) is 0 Å². The van der Waals surface area contributed by atoms with E-state index < -0.39 is 17.4 Å². The van der Waals surface area contributed by atoms with E-state index in [1.165, 1.54) is 0 Å². The fraction of sp³-hybridized carbons (Fsp3) is 0. The second kappa shape index (κ2) is 4.71. The number of nitrogens with zero attached hydrogens (tertiary/aromatic N) is 1. The van der Waals surface area contributed by atoms with Crippen molar-refractivity contribution in [2.45, 2.75) is 0 Å². The zero-order valence-electron chi connectivity index (χ0n) is 10.3. The van der Waals surface area contributed by atoms with Gasteiger partial charge in [-0.1, -0.05) is 27.5 Å². The Balaban J connectivity index is 2.35. The van der Waals surface area contributed by atoms with Gasteiger partial charge < -0.3 is 5.73 Å². The number of carbonyl (C=O) groups excluding carboxylic acids is 2. The van der Waals surface area contributed by atoms with E-state index in [0.29, 0.717) is 5.69 Å². The number of hydrogen-bond donors (Lipinski definition) is 2. The average Bonchev–Trinajstić information content (AvgIpc) is 2.67. The van der Waals surface area contributed by atoms with Crippen molar-refractivity contribution in [3.8, 4) is 5.69 Å². The lowest BCUT2D eigenvalue weighted by Crippen LogP contribution is -2.24. The Morgan fingerprint density at radius 3 is 2.52 bits per heavy atom. The molecular weight excluding hydrogens is 362 g/mol. The Kier molecular flexibility index (Phi) is 3.11. The third kappa shape index (κ3) is 2.05. The summed E-state index contributed by atoms with van der Waals surface area (Å²) in [4.78, 5) is 35.5. The molecule has 1 aliphatic rings. The number of benzene rings is 1. The molecule has 0 atom stereocenters. The van der Waals surface area contributed by atoms with Gasteiger partial charge in [-0.3, -0.25) is 24.3 Å². The summed E-state index contributed by atoms with van der Waals surface area (Å²) in [6.07, 6.45) is 0. The fourth-order valence-electron chi connectivity index (χ4n) is 2.19. The summed E-state index contributed by atoms with van der Waals surface area (Å²) >= 11 is 9.37. The van der Waals surface area contributed by atoms with Crippen LogP contribution in [0.25, 0.3) is 5.69 Å². The number of pyridine rings is 1. The second-order valence-corrected chi connectivity index (χ2v) is 5.69. The molecule has 3 rings (SSSR count). The van der Waals surface area contributed by atoms with Crippen molar-refractivity contribution < 1.29 is 9.59 Å². The number of aromatic nitrogens is 1. The van der Waals surface area contributed by atoms with E-state index >= 15 is 0 Å². The molecule has 2 heterocycles. The molecule has 106 valence electrons. The lowest BCUT2D eigenvalue weighted by atomic mass is 10.1. The van der Waals surface area contributed by atoms with Crippen LogP contribution in [0.2, 0.25) is 5.02 Å². The third-order valence-electron chi connectivity index (χ3n) is 3.10. The van der Waals surface area contributed by atoms with Gasteiger partial charge in [0, 0.05) is 10.5 Å². The maximum absolute atomic E-state index is 12.2. The van der Waals surface area contributed by atoms with Crippen molar-refractivity contribution in [3.05, 3.63) is 55.2 Å². The summed E-state index contributed by atoms with van der Waals surface area (Å²) < 4.78 is 1.84. The molecule has 1 aromatic heterocycles. The fourth-order valence-corrected chi connectivity index (χ4v) is 2.95. The standard InChI is InChI=1S/C13H7BrClN3O3/c14-5-1-2-8(7(15)3-5)18-9(19)4-6-10(11(18)16)13(21)17-12(6)20/h1-4H,16H2,(H,17,20,21). The highest BCUT2D eigenvalue weighted by atomic mass is 79.9. The Morgan fingerprint density at radius 2 is 1.86 bits per heavy atom. The van der Waals surface area contributed by atoms with Gasteiger partial charge in [0.15, 0.2) is 0 Å². The van der Waals surface area contributed by atoms with Crippen LogP contribution in [-0.2, 0) is 0 Å². The molecule has 8 heteroatoms. The number of nitrogen functional groups attached to an aromatic ring is 1. The monoisotopic (exact) mass is 367 g/mol. The molecule has 0 fully saturated rings. The SMILES string of the molecule is Nc1c2c(cc(=O)n1-c1ccc(Br)cc1Cl)C(=O)NC2=O. The smallest absolute Gasteiger partial charge is 0.262 e. The zero-order valence-corrected chi connectivity index (χ0v) is 12.7. The second-order valence-electron chi connectivity index (χ2n) is 4.37. The first-order chi connectivity index (χ1) is 9.90. The molecule has 2 aromatic rings. The summed E-state index contributed by atoms with van der Waals surface area (Å²) in [6, 6.07) is 5.95. The van der Waals surface area contributed by atoms with Gasteiger partial charge in [0.05, 0.1) is 21.8 Å². The minimum atomic E-state index is -0.632. The molecule has 3 N–H and O–H groups in total. The molecule has 0 radical (unpaired) electrons. The maximum atomic E-state index is 12.2. The number of imide groups is 1. The van der Waals surface area contributed by atoms with Gasteiger partial charge in [0.1, 0.15) is 5.82 Å². The van der Waals surface area contributed by atoms with E-state index in [1.54, 1.807) is 18.2 Å². The van der Waals surface area contributed by atoms with Gasteiger partial charge in [-0.15, -0.1) is 0 Å². The van der Waals surface area contributed by atoms with Gasteiger partial charge in [-0.05, 0) is 18.2 Å².